The third-order valence-electron chi connectivity index (χ3n) is 6.51. The molecule has 1 aliphatic rings. The van der Waals surface area contributed by atoms with Crippen LogP contribution in [0.5, 0.6) is 5.75 Å². The van der Waals surface area contributed by atoms with Crippen molar-refractivity contribution in [1.29, 1.82) is 0 Å². The monoisotopic (exact) mass is 497 g/mol. The van der Waals surface area contributed by atoms with Gasteiger partial charge in [-0.25, -0.2) is 4.79 Å². The average Bonchev–Trinajstić information content (AvgIpc) is 3.38. The molecule has 1 saturated heterocycles. The van der Waals surface area contributed by atoms with Gasteiger partial charge in [0.25, 0.3) is 0 Å². The summed E-state index contributed by atoms with van der Waals surface area (Å²) in [7, 11) is 0. The van der Waals surface area contributed by atoms with Gasteiger partial charge in [-0.05, 0) is 46.2 Å². The maximum absolute atomic E-state index is 13.3. The van der Waals surface area contributed by atoms with E-state index in [0.29, 0.717) is 10.9 Å². The number of rotatable bonds is 8. The van der Waals surface area contributed by atoms with Crippen LogP contribution in [-0.4, -0.2) is 80.4 Å². The number of hydrogen-bond donors (Lipinski definition) is 6. The smallest absolute Gasteiger partial charge is 0.343 e. The number of esters is 1. The first-order chi connectivity index (χ1) is 17.4. The fraction of sp³-hybridized carbons (Fsp3) is 0.346. The van der Waals surface area contributed by atoms with E-state index in [0.717, 1.165) is 21.5 Å². The zero-order valence-electron chi connectivity index (χ0n) is 19.3. The van der Waals surface area contributed by atoms with E-state index < -0.39 is 43.3 Å². The lowest BCUT2D eigenvalue weighted by Crippen LogP contribution is -2.47. The van der Waals surface area contributed by atoms with Gasteiger partial charge in [0.1, 0.15) is 12.2 Å². The largest absolute Gasteiger partial charge is 0.422 e. The summed E-state index contributed by atoms with van der Waals surface area (Å²) in [6.45, 7) is -1.64. The van der Waals surface area contributed by atoms with Crippen molar-refractivity contribution in [3.8, 4) is 5.75 Å². The van der Waals surface area contributed by atoms with Gasteiger partial charge in [-0.1, -0.05) is 30.3 Å². The lowest BCUT2D eigenvalue weighted by molar-refractivity contribution is -0.246. The van der Waals surface area contributed by atoms with Gasteiger partial charge in [-0.3, -0.25) is 0 Å². The van der Waals surface area contributed by atoms with Crippen molar-refractivity contribution >= 4 is 38.4 Å². The van der Waals surface area contributed by atoms with Gasteiger partial charge >= 0.3 is 5.97 Å². The standard InChI is InChI=1S/C26H27NO9/c28-8-3-9-34-22-23(36-26(33,13-30)24(22)31)25(32)35-21-19(12-29)27-18-7-6-16-10-14-4-1-2-5-15(14)11-17(16)20(18)21/h1-2,4-7,10-11,22-24,27-31,33H,3,8-9,12-13H2/t22-,23+,24+,26-/m0/s1. The maximum Gasteiger partial charge on any atom is 0.343 e. The fourth-order valence-electron chi connectivity index (χ4n) is 4.67. The molecule has 0 radical (unpaired) electrons. The SMILES string of the molecule is O=C(Oc1c(CO)[nH]c2ccc3cc4ccccc4cc3c12)[C@@H]1O[C@@](O)(CO)[C@H](O)[C@H]1OCCCO. The Morgan fingerprint density at radius 1 is 1.06 bits per heavy atom. The maximum atomic E-state index is 13.3. The van der Waals surface area contributed by atoms with Gasteiger partial charge in [-0.2, -0.15) is 0 Å². The minimum Gasteiger partial charge on any atom is -0.422 e. The Morgan fingerprint density at radius 2 is 1.81 bits per heavy atom. The molecule has 6 N–H and O–H groups in total. The van der Waals surface area contributed by atoms with E-state index >= 15 is 0 Å². The van der Waals surface area contributed by atoms with Crippen molar-refractivity contribution in [1.82, 2.24) is 4.98 Å². The predicted octanol–water partition coefficient (Wildman–Crippen LogP) is 1.08. The lowest BCUT2D eigenvalue weighted by Gasteiger charge is -2.23. The van der Waals surface area contributed by atoms with Crippen LogP contribution in [0.4, 0.5) is 0 Å². The van der Waals surface area contributed by atoms with Gasteiger partial charge in [0, 0.05) is 13.2 Å². The molecule has 36 heavy (non-hydrogen) atoms. The highest BCUT2D eigenvalue weighted by molar-refractivity contribution is 6.14. The third-order valence-corrected chi connectivity index (χ3v) is 6.51. The number of aromatic amines is 1. The summed E-state index contributed by atoms with van der Waals surface area (Å²) in [5.74, 6) is -3.33. The van der Waals surface area contributed by atoms with Crippen molar-refractivity contribution in [2.45, 2.75) is 37.1 Å². The van der Waals surface area contributed by atoms with E-state index in [1.54, 1.807) is 0 Å². The molecule has 10 heteroatoms. The van der Waals surface area contributed by atoms with E-state index in [1.807, 2.05) is 48.5 Å². The molecule has 4 aromatic rings. The van der Waals surface area contributed by atoms with Gasteiger partial charge in [0.15, 0.2) is 11.9 Å². The molecule has 0 saturated carbocycles. The summed E-state index contributed by atoms with van der Waals surface area (Å²) in [4.78, 5) is 16.4. The number of carbonyl (C=O) groups excluding carboxylic acids is 1. The number of nitrogens with one attached hydrogen (secondary N) is 1. The first kappa shape index (κ1) is 24.6. The molecule has 0 spiro atoms. The van der Waals surface area contributed by atoms with Crippen LogP contribution in [0.25, 0.3) is 32.4 Å². The molecule has 1 aromatic heterocycles. The van der Waals surface area contributed by atoms with Gasteiger partial charge in [0.05, 0.1) is 29.8 Å². The van der Waals surface area contributed by atoms with E-state index in [1.165, 1.54) is 0 Å². The number of aliphatic hydroxyl groups excluding tert-OH is 4. The Kier molecular flexibility index (Phi) is 6.66. The van der Waals surface area contributed by atoms with Gasteiger partial charge < -0.3 is 44.7 Å². The molecule has 1 aliphatic heterocycles. The van der Waals surface area contributed by atoms with Crippen LogP contribution >= 0.6 is 0 Å². The molecule has 4 atom stereocenters. The van der Waals surface area contributed by atoms with Crippen molar-refractivity contribution < 1.29 is 44.5 Å². The molecule has 0 unspecified atom stereocenters. The quantitative estimate of drug-likeness (QED) is 0.119. The Bertz CT molecular complexity index is 1420. The number of benzene rings is 3. The van der Waals surface area contributed by atoms with Crippen LogP contribution in [0.15, 0.2) is 48.5 Å². The molecule has 1 fully saturated rings. The summed E-state index contributed by atoms with van der Waals surface area (Å²) in [5, 5.41) is 53.8. The Hall–Kier alpha value is -3.09. The zero-order chi connectivity index (χ0) is 25.4. The molecular formula is C26H27NO9. The molecule has 190 valence electrons. The van der Waals surface area contributed by atoms with Crippen LogP contribution in [-0.2, 0) is 20.9 Å². The normalized spacial score (nSPS) is 24.2. The zero-order valence-corrected chi connectivity index (χ0v) is 19.3. The number of hydrogen-bond acceptors (Lipinski definition) is 9. The summed E-state index contributed by atoms with van der Waals surface area (Å²) < 4.78 is 16.5. The second kappa shape index (κ2) is 9.75. The van der Waals surface area contributed by atoms with Crippen LogP contribution in [0.1, 0.15) is 12.1 Å². The van der Waals surface area contributed by atoms with Crippen molar-refractivity contribution in [3.63, 3.8) is 0 Å². The Labute approximate surface area is 205 Å². The second-order valence-electron chi connectivity index (χ2n) is 8.82. The minimum atomic E-state index is -2.43. The predicted molar refractivity (Wildman–Crippen MR) is 129 cm³/mol. The molecule has 0 amide bonds. The topological polar surface area (TPSA) is 162 Å². The summed E-state index contributed by atoms with van der Waals surface area (Å²) in [6.07, 6.45) is -4.46. The first-order valence-corrected chi connectivity index (χ1v) is 11.6. The van der Waals surface area contributed by atoms with Crippen LogP contribution in [0, 0.1) is 0 Å². The second-order valence-corrected chi connectivity index (χ2v) is 8.82. The molecule has 3 aromatic carbocycles. The molecular weight excluding hydrogens is 470 g/mol. The molecule has 2 heterocycles. The van der Waals surface area contributed by atoms with Gasteiger partial charge in [-0.15, -0.1) is 0 Å². The van der Waals surface area contributed by atoms with E-state index in [-0.39, 0.29) is 31.1 Å². The number of ether oxygens (including phenoxy) is 3. The van der Waals surface area contributed by atoms with E-state index in [4.69, 9.17) is 19.3 Å². The third kappa shape index (κ3) is 4.12. The highest BCUT2D eigenvalue weighted by Crippen LogP contribution is 2.39. The van der Waals surface area contributed by atoms with E-state index in [2.05, 4.69) is 4.98 Å². The molecule has 0 bridgehead atoms. The van der Waals surface area contributed by atoms with Crippen LogP contribution < -0.4 is 4.74 Å². The van der Waals surface area contributed by atoms with Crippen molar-refractivity contribution in [3.05, 3.63) is 54.2 Å². The molecule has 10 nitrogen and oxygen atoms in total. The van der Waals surface area contributed by atoms with Crippen molar-refractivity contribution in [2.24, 2.45) is 0 Å². The number of carbonyl (C=O) groups is 1. The lowest BCUT2D eigenvalue weighted by atomic mass is 10.0. The van der Waals surface area contributed by atoms with Gasteiger partial charge in [0.2, 0.25) is 5.79 Å². The highest BCUT2D eigenvalue weighted by Gasteiger charge is 2.57. The highest BCUT2D eigenvalue weighted by atomic mass is 16.7. The number of H-pyrrole nitrogens is 1. The van der Waals surface area contributed by atoms with Crippen molar-refractivity contribution in [2.75, 3.05) is 19.8 Å². The van der Waals surface area contributed by atoms with E-state index in [9.17, 15) is 25.2 Å². The average molecular weight is 498 g/mol. The Balaban J connectivity index is 1.56. The number of aliphatic hydroxyl groups is 5. The minimum absolute atomic E-state index is 0.0282. The molecule has 5 rings (SSSR count). The summed E-state index contributed by atoms with van der Waals surface area (Å²) >= 11 is 0. The van der Waals surface area contributed by atoms with Crippen LogP contribution in [0.2, 0.25) is 0 Å². The van der Waals surface area contributed by atoms with Crippen LogP contribution in [0.3, 0.4) is 0 Å². The summed E-state index contributed by atoms with van der Waals surface area (Å²) in [6, 6.07) is 15.6. The first-order valence-electron chi connectivity index (χ1n) is 11.6. The Morgan fingerprint density at radius 3 is 2.50 bits per heavy atom. The fourth-order valence-corrected chi connectivity index (χ4v) is 4.67. The number of fused-ring (bicyclic) bond motifs is 4. The summed E-state index contributed by atoms with van der Waals surface area (Å²) in [5.41, 5.74) is 0.896. The molecule has 0 aliphatic carbocycles. The number of aromatic nitrogens is 1.